The Hall–Kier alpha value is -3.53. The number of rotatable bonds is 7. The number of ether oxygens (including phenoxy) is 2. The quantitative estimate of drug-likeness (QED) is 0.517. The third-order valence-corrected chi connectivity index (χ3v) is 6.00. The van der Waals surface area contributed by atoms with E-state index < -0.39 is 23.3 Å². The Morgan fingerprint density at radius 2 is 1.74 bits per heavy atom. The molecule has 0 spiro atoms. The molecule has 0 saturated carbocycles. The third kappa shape index (κ3) is 4.84. The SMILES string of the molecule is COc1cc(OC)cc(-c2nn(-c3cc(NC(C)CO)ccc3C(F)(F)F)c(=O)c3c2CCC3)c1. The molecule has 1 aliphatic carbocycles. The smallest absolute Gasteiger partial charge is 0.418 e. The van der Waals surface area contributed by atoms with Crippen LogP contribution in [0.4, 0.5) is 18.9 Å². The van der Waals surface area contributed by atoms with Gasteiger partial charge in [0.2, 0.25) is 0 Å². The van der Waals surface area contributed by atoms with Crippen molar-refractivity contribution in [3.63, 3.8) is 0 Å². The molecule has 4 rings (SSSR count). The molecule has 10 heteroatoms. The Labute approximate surface area is 200 Å². The van der Waals surface area contributed by atoms with Crippen LogP contribution in [0.5, 0.6) is 11.5 Å². The largest absolute Gasteiger partial charge is 0.497 e. The van der Waals surface area contributed by atoms with Crippen molar-refractivity contribution in [2.45, 2.75) is 38.4 Å². The summed E-state index contributed by atoms with van der Waals surface area (Å²) in [4.78, 5) is 13.4. The number of alkyl halides is 3. The van der Waals surface area contributed by atoms with E-state index in [1.165, 1.54) is 26.4 Å². The Morgan fingerprint density at radius 1 is 1.09 bits per heavy atom. The molecule has 7 nitrogen and oxygen atoms in total. The number of fused-ring (bicyclic) bond motifs is 1. The van der Waals surface area contributed by atoms with E-state index >= 15 is 0 Å². The summed E-state index contributed by atoms with van der Waals surface area (Å²) in [6.45, 7) is 1.47. The zero-order valence-corrected chi connectivity index (χ0v) is 19.6. The first-order valence-electron chi connectivity index (χ1n) is 11.1. The van der Waals surface area contributed by atoms with Gasteiger partial charge in [-0.3, -0.25) is 4.79 Å². The summed E-state index contributed by atoms with van der Waals surface area (Å²) in [6.07, 6.45) is -2.97. The number of hydrogen-bond donors (Lipinski definition) is 2. The second-order valence-corrected chi connectivity index (χ2v) is 8.44. The van der Waals surface area contributed by atoms with Crippen LogP contribution < -0.4 is 20.3 Å². The first kappa shape index (κ1) is 24.6. The minimum absolute atomic E-state index is 0.213. The van der Waals surface area contributed by atoms with Gasteiger partial charge in [-0.15, -0.1) is 0 Å². The number of aliphatic hydroxyl groups is 1. The van der Waals surface area contributed by atoms with Crippen LogP contribution in [0.15, 0.2) is 41.2 Å². The maximum atomic E-state index is 14.0. The molecule has 0 saturated heterocycles. The van der Waals surface area contributed by atoms with E-state index in [4.69, 9.17) is 9.47 Å². The lowest BCUT2D eigenvalue weighted by Crippen LogP contribution is -2.28. The molecule has 0 fully saturated rings. The van der Waals surface area contributed by atoms with E-state index in [-0.39, 0.29) is 12.3 Å². The van der Waals surface area contributed by atoms with Crippen LogP contribution in [0.3, 0.4) is 0 Å². The summed E-state index contributed by atoms with van der Waals surface area (Å²) in [5.41, 5.74) is 0.534. The van der Waals surface area contributed by atoms with Crippen molar-refractivity contribution in [3.8, 4) is 28.4 Å². The van der Waals surface area contributed by atoms with Crippen LogP contribution in [0, 0.1) is 0 Å². The van der Waals surface area contributed by atoms with Crippen molar-refractivity contribution in [1.29, 1.82) is 0 Å². The minimum atomic E-state index is -4.71. The van der Waals surface area contributed by atoms with Gasteiger partial charge in [0, 0.05) is 28.9 Å². The van der Waals surface area contributed by atoms with Crippen LogP contribution >= 0.6 is 0 Å². The van der Waals surface area contributed by atoms with Gasteiger partial charge in [0.25, 0.3) is 5.56 Å². The molecule has 186 valence electrons. The average Bonchev–Trinajstić information content (AvgIpc) is 3.33. The van der Waals surface area contributed by atoms with E-state index in [1.54, 1.807) is 25.1 Å². The summed E-state index contributed by atoms with van der Waals surface area (Å²) in [5, 5.41) is 16.7. The molecule has 0 radical (unpaired) electrons. The van der Waals surface area contributed by atoms with Crippen molar-refractivity contribution in [2.75, 3.05) is 26.1 Å². The fourth-order valence-electron chi connectivity index (χ4n) is 4.28. The number of aliphatic hydroxyl groups excluding tert-OH is 1. The highest BCUT2D eigenvalue weighted by atomic mass is 19.4. The van der Waals surface area contributed by atoms with E-state index in [0.29, 0.717) is 53.3 Å². The lowest BCUT2D eigenvalue weighted by molar-refractivity contribution is -0.137. The van der Waals surface area contributed by atoms with Gasteiger partial charge in [0.15, 0.2) is 0 Å². The summed E-state index contributed by atoms with van der Waals surface area (Å²) >= 11 is 0. The number of halogens is 3. The second-order valence-electron chi connectivity index (χ2n) is 8.44. The van der Waals surface area contributed by atoms with Crippen LogP contribution in [0.2, 0.25) is 0 Å². The van der Waals surface area contributed by atoms with Crippen molar-refractivity contribution < 1.29 is 27.8 Å². The standard InChI is InChI=1S/C25H26F3N3O4/c1-14(13-32)29-16-7-8-21(25(26,27)28)22(11-16)31-24(33)20-6-4-5-19(20)23(30-31)15-9-17(34-2)12-18(10-15)35-3/h7-12,14,29,32H,4-6,13H2,1-3H3. The molecule has 1 unspecified atom stereocenters. The Bertz CT molecular complexity index is 1280. The maximum Gasteiger partial charge on any atom is 0.418 e. The van der Waals surface area contributed by atoms with Crippen LogP contribution in [0.1, 0.15) is 30.0 Å². The molecule has 1 aromatic heterocycles. The second kappa shape index (κ2) is 9.61. The lowest BCUT2D eigenvalue weighted by Gasteiger charge is -2.19. The summed E-state index contributed by atoms with van der Waals surface area (Å²) in [5.74, 6) is 0.983. The monoisotopic (exact) mass is 489 g/mol. The maximum absolute atomic E-state index is 14.0. The van der Waals surface area contributed by atoms with Crippen LogP contribution in [0.25, 0.3) is 16.9 Å². The molecule has 2 aromatic carbocycles. The normalized spacial score (nSPS) is 13.9. The number of nitrogens with one attached hydrogen (secondary N) is 1. The van der Waals surface area contributed by atoms with Crippen molar-refractivity contribution >= 4 is 5.69 Å². The van der Waals surface area contributed by atoms with E-state index in [9.17, 15) is 23.1 Å². The summed E-state index contributed by atoms with van der Waals surface area (Å²) < 4.78 is 53.5. The fraction of sp³-hybridized carbons (Fsp3) is 0.360. The van der Waals surface area contributed by atoms with Gasteiger partial charge >= 0.3 is 6.18 Å². The minimum Gasteiger partial charge on any atom is -0.497 e. The third-order valence-electron chi connectivity index (χ3n) is 6.00. The fourth-order valence-corrected chi connectivity index (χ4v) is 4.28. The van der Waals surface area contributed by atoms with Crippen LogP contribution in [-0.4, -0.2) is 41.8 Å². The van der Waals surface area contributed by atoms with Crippen molar-refractivity contribution in [1.82, 2.24) is 9.78 Å². The zero-order chi connectivity index (χ0) is 25.3. The van der Waals surface area contributed by atoms with E-state index in [2.05, 4.69) is 10.4 Å². The number of anilines is 1. The highest BCUT2D eigenvalue weighted by molar-refractivity contribution is 5.69. The molecule has 2 N–H and O–H groups in total. The van der Waals surface area contributed by atoms with Crippen LogP contribution in [-0.2, 0) is 19.0 Å². The summed E-state index contributed by atoms with van der Waals surface area (Å²) in [7, 11) is 3.00. The first-order valence-corrected chi connectivity index (χ1v) is 11.1. The van der Waals surface area contributed by atoms with Gasteiger partial charge in [-0.25, -0.2) is 0 Å². The van der Waals surface area contributed by atoms with Gasteiger partial charge in [-0.05, 0) is 62.1 Å². The molecule has 1 aliphatic rings. The molecular formula is C25H26F3N3O4. The Kier molecular flexibility index (Phi) is 6.75. The molecule has 0 amide bonds. The number of nitrogens with zero attached hydrogens (tertiary/aromatic N) is 2. The Balaban J connectivity index is 1.99. The average molecular weight is 489 g/mol. The Morgan fingerprint density at radius 3 is 2.34 bits per heavy atom. The molecule has 3 aromatic rings. The van der Waals surface area contributed by atoms with E-state index in [1.807, 2.05) is 0 Å². The lowest BCUT2D eigenvalue weighted by atomic mass is 10.0. The van der Waals surface area contributed by atoms with Crippen molar-refractivity contribution in [3.05, 3.63) is 63.4 Å². The zero-order valence-electron chi connectivity index (χ0n) is 19.6. The summed E-state index contributed by atoms with van der Waals surface area (Å²) in [6, 6.07) is 8.12. The number of aromatic nitrogens is 2. The molecule has 1 heterocycles. The predicted octanol–water partition coefficient (Wildman–Crippen LogP) is 4.22. The van der Waals surface area contributed by atoms with Gasteiger partial charge in [0.1, 0.15) is 11.5 Å². The predicted molar refractivity (Wildman–Crippen MR) is 126 cm³/mol. The van der Waals surface area contributed by atoms with Gasteiger partial charge < -0.3 is 19.9 Å². The van der Waals surface area contributed by atoms with Gasteiger partial charge in [-0.1, -0.05) is 0 Å². The number of hydrogen-bond acceptors (Lipinski definition) is 6. The molecule has 1 atom stereocenters. The van der Waals surface area contributed by atoms with Gasteiger partial charge in [0.05, 0.1) is 37.8 Å². The van der Waals surface area contributed by atoms with Gasteiger partial charge in [-0.2, -0.15) is 23.0 Å². The van der Waals surface area contributed by atoms with E-state index in [0.717, 1.165) is 16.3 Å². The molecule has 0 bridgehead atoms. The first-order chi connectivity index (χ1) is 16.7. The number of benzene rings is 2. The molecular weight excluding hydrogens is 463 g/mol. The highest BCUT2D eigenvalue weighted by Gasteiger charge is 2.35. The highest BCUT2D eigenvalue weighted by Crippen LogP contribution is 2.37. The molecule has 0 aliphatic heterocycles. The topological polar surface area (TPSA) is 85.6 Å². The molecule has 35 heavy (non-hydrogen) atoms. The number of methoxy groups -OCH3 is 2. The van der Waals surface area contributed by atoms with Crippen molar-refractivity contribution in [2.24, 2.45) is 0 Å².